The van der Waals surface area contributed by atoms with E-state index < -0.39 is 51.1 Å². The number of aliphatic carboxylic acids is 1. The second kappa shape index (κ2) is 75.3. The largest absolute Gasteiger partial charge is 0.480 e. The summed E-state index contributed by atoms with van der Waals surface area (Å²) in [5.74, 6) is -2.33. The Kier molecular flexibility index (Phi) is 74.0. The Hall–Kier alpha value is -1.52. The fourth-order valence-corrected chi connectivity index (χ4v) is 13.9. The second-order valence-electron chi connectivity index (χ2n) is 28.6. The number of carboxylic acid groups (broad SMARTS) is 1. The summed E-state index contributed by atoms with van der Waals surface area (Å²) in [6.45, 7) is 2.94. The number of nitrogens with two attached hydrogens (primary N) is 1. The predicted molar refractivity (Wildman–Crippen MR) is 393 cm³/mol. The summed E-state index contributed by atoms with van der Waals surface area (Å²) in [7, 11) is -4.73. The van der Waals surface area contributed by atoms with Crippen molar-refractivity contribution in [3.8, 4) is 0 Å². The van der Waals surface area contributed by atoms with Crippen molar-refractivity contribution in [3.05, 3.63) is 0 Å². The van der Waals surface area contributed by atoms with Crippen LogP contribution >= 0.6 is 7.82 Å². The molecule has 0 aliphatic rings. The van der Waals surface area contributed by atoms with Crippen LogP contribution in [0.1, 0.15) is 463 Å². The average Bonchev–Trinajstić information content (AvgIpc) is 2.07. The van der Waals surface area contributed by atoms with E-state index in [0.717, 1.165) is 38.5 Å². The number of hydrogen-bond donors (Lipinski definition) is 3. The Morgan fingerprint density at radius 3 is 0.685 bits per heavy atom. The first-order valence-corrected chi connectivity index (χ1v) is 42.6. The molecule has 92 heavy (non-hydrogen) atoms. The summed E-state index contributed by atoms with van der Waals surface area (Å²) in [6, 6.07) is -1.52. The molecule has 11 nitrogen and oxygen atoms in total. The summed E-state index contributed by atoms with van der Waals surface area (Å²) in [5.41, 5.74) is 5.41. The molecule has 3 atom stereocenters. The van der Waals surface area contributed by atoms with Crippen LogP contribution in [0.3, 0.4) is 0 Å². The number of phosphoric acid groups is 1. The van der Waals surface area contributed by atoms with Crippen molar-refractivity contribution in [2.24, 2.45) is 5.73 Å². The minimum atomic E-state index is -4.73. The van der Waals surface area contributed by atoms with Gasteiger partial charge in [0.25, 0.3) is 0 Å². The smallest absolute Gasteiger partial charge is 0.472 e. The van der Waals surface area contributed by atoms with E-state index in [9.17, 15) is 23.8 Å². The van der Waals surface area contributed by atoms with Crippen molar-refractivity contribution in [3.63, 3.8) is 0 Å². The van der Waals surface area contributed by atoms with Gasteiger partial charge in [0.05, 0.1) is 13.2 Å². The molecule has 0 aliphatic carbocycles. The predicted octanol–water partition coefficient (Wildman–Crippen LogP) is 26.3. The van der Waals surface area contributed by atoms with Gasteiger partial charge in [-0.2, -0.15) is 0 Å². The molecular formula is C80H158NO10P. The molecule has 0 aromatic heterocycles. The molecule has 0 fully saturated rings. The molecule has 0 radical (unpaired) electrons. The number of ether oxygens (including phenoxy) is 2. The molecule has 0 heterocycles. The molecule has 0 amide bonds. The maximum Gasteiger partial charge on any atom is 0.472 e. The normalized spacial score (nSPS) is 13.0. The average molecular weight is 1330 g/mol. The van der Waals surface area contributed by atoms with Crippen LogP contribution in [0.15, 0.2) is 0 Å². The fraction of sp³-hybridized carbons (Fsp3) is 0.963. The van der Waals surface area contributed by atoms with Gasteiger partial charge >= 0.3 is 25.7 Å². The number of carbonyl (C=O) groups excluding carboxylic acids is 2. The molecule has 0 aliphatic heterocycles. The van der Waals surface area contributed by atoms with Crippen LogP contribution in [0.5, 0.6) is 0 Å². The maximum absolute atomic E-state index is 12.9. The van der Waals surface area contributed by atoms with E-state index in [1.54, 1.807) is 0 Å². The lowest BCUT2D eigenvalue weighted by Gasteiger charge is -2.20. The topological polar surface area (TPSA) is 172 Å². The van der Waals surface area contributed by atoms with Crippen LogP contribution in [0.2, 0.25) is 0 Å². The first-order chi connectivity index (χ1) is 45.1. The molecule has 0 rings (SSSR count). The Bertz CT molecular complexity index is 1550. The first-order valence-electron chi connectivity index (χ1n) is 41.1. The fourth-order valence-electron chi connectivity index (χ4n) is 13.1. The maximum atomic E-state index is 12.9. The molecule has 12 heteroatoms. The van der Waals surface area contributed by atoms with Crippen molar-refractivity contribution in [2.75, 3.05) is 19.8 Å². The highest BCUT2D eigenvalue weighted by Crippen LogP contribution is 2.43. The molecule has 1 unspecified atom stereocenters. The van der Waals surface area contributed by atoms with Gasteiger partial charge in [-0.3, -0.25) is 23.4 Å². The van der Waals surface area contributed by atoms with E-state index >= 15 is 0 Å². The van der Waals surface area contributed by atoms with E-state index in [1.807, 2.05) is 0 Å². The number of carbonyl (C=O) groups is 3. The lowest BCUT2D eigenvalue weighted by molar-refractivity contribution is -0.161. The summed E-state index contributed by atoms with van der Waals surface area (Å²) >= 11 is 0. The molecule has 0 bridgehead atoms. The van der Waals surface area contributed by atoms with Gasteiger partial charge in [0, 0.05) is 12.8 Å². The molecular weight excluding hydrogens is 1170 g/mol. The van der Waals surface area contributed by atoms with Crippen LogP contribution < -0.4 is 5.73 Å². The highest BCUT2D eigenvalue weighted by atomic mass is 31.2. The SMILES string of the molecule is CCCCCCCCCCCCCCCCCCCCCCCCCCCCCCCCCCCCC(=O)OC[C@H](COP(=O)(O)OC[C@H](N)C(=O)O)OC(=O)CCCCCCCCCCCCCCCCCCCCCCCCCCCCCCCCCCCC. The van der Waals surface area contributed by atoms with Crippen molar-refractivity contribution >= 4 is 25.7 Å². The number of phosphoric ester groups is 1. The first kappa shape index (κ1) is 90.5. The molecule has 548 valence electrons. The summed E-state index contributed by atoms with van der Waals surface area (Å²) in [5, 5.41) is 9.01. The van der Waals surface area contributed by atoms with Crippen molar-refractivity contribution in [2.45, 2.75) is 475 Å². The Labute approximate surface area is 571 Å². The molecule has 0 saturated heterocycles. The second-order valence-corrected chi connectivity index (χ2v) is 30.1. The monoisotopic (exact) mass is 1320 g/mol. The summed E-state index contributed by atoms with van der Waals surface area (Å²) in [4.78, 5) is 46.7. The van der Waals surface area contributed by atoms with E-state index in [0.29, 0.717) is 12.8 Å². The van der Waals surface area contributed by atoms with E-state index in [4.69, 9.17) is 29.4 Å². The van der Waals surface area contributed by atoms with Gasteiger partial charge in [0.1, 0.15) is 12.6 Å². The molecule has 4 N–H and O–H groups in total. The van der Waals surface area contributed by atoms with Gasteiger partial charge < -0.3 is 25.2 Å². The Morgan fingerprint density at radius 2 is 0.478 bits per heavy atom. The number of esters is 2. The van der Waals surface area contributed by atoms with Crippen molar-refractivity contribution in [1.82, 2.24) is 0 Å². The van der Waals surface area contributed by atoms with Gasteiger partial charge in [-0.25, -0.2) is 4.57 Å². The molecule has 0 aromatic rings. The number of hydrogen-bond acceptors (Lipinski definition) is 9. The quantitative estimate of drug-likeness (QED) is 0.0301. The van der Waals surface area contributed by atoms with Crippen LogP contribution in [0.4, 0.5) is 0 Å². The lowest BCUT2D eigenvalue weighted by atomic mass is 10.0. The van der Waals surface area contributed by atoms with Crippen LogP contribution in [0.25, 0.3) is 0 Å². The third-order valence-corrected chi connectivity index (χ3v) is 20.3. The highest BCUT2D eigenvalue weighted by molar-refractivity contribution is 7.47. The van der Waals surface area contributed by atoms with Gasteiger partial charge in [0.15, 0.2) is 6.10 Å². The van der Waals surface area contributed by atoms with Gasteiger partial charge in [-0.05, 0) is 12.8 Å². The van der Waals surface area contributed by atoms with Gasteiger partial charge in [0.2, 0.25) is 0 Å². The minimum absolute atomic E-state index is 0.171. The molecule has 0 aromatic carbocycles. The van der Waals surface area contributed by atoms with Crippen molar-refractivity contribution < 1.29 is 47.5 Å². The number of rotatable bonds is 80. The zero-order valence-corrected chi connectivity index (χ0v) is 62.4. The van der Waals surface area contributed by atoms with E-state index in [1.165, 1.54) is 385 Å². The van der Waals surface area contributed by atoms with Gasteiger partial charge in [-0.1, -0.05) is 438 Å². The standard InChI is InChI=1S/C80H158NO10P/c1-3-5-7-9-11-13-15-17-19-21-23-25-27-29-31-33-35-37-39-41-43-45-47-49-51-53-55-57-59-61-63-65-67-69-71-78(82)88-73-76(74-89-92(86,87)90-75-77(81)80(84)85)91-79(83)72-70-68-66-64-62-60-58-56-54-52-50-48-46-44-42-40-38-36-34-32-30-28-26-24-22-20-18-16-14-12-10-8-6-4-2/h76-77H,3-75,81H2,1-2H3,(H,84,85)(H,86,87)/t76-,77+/m1/s1. The zero-order chi connectivity index (χ0) is 66.8. The third-order valence-electron chi connectivity index (χ3n) is 19.4. The molecule has 0 saturated carbocycles. The van der Waals surface area contributed by atoms with Gasteiger partial charge in [-0.15, -0.1) is 0 Å². The molecule has 0 spiro atoms. The van der Waals surface area contributed by atoms with E-state index in [-0.39, 0.29) is 19.4 Å². The van der Waals surface area contributed by atoms with Crippen LogP contribution in [-0.2, 0) is 37.5 Å². The Balaban J connectivity index is 3.87. The Morgan fingerprint density at radius 1 is 0.293 bits per heavy atom. The summed E-state index contributed by atoms with van der Waals surface area (Å²) < 4.78 is 33.2. The number of carboxylic acids is 1. The lowest BCUT2D eigenvalue weighted by Crippen LogP contribution is -2.34. The zero-order valence-electron chi connectivity index (χ0n) is 61.5. The third kappa shape index (κ3) is 74.3. The van der Waals surface area contributed by atoms with Crippen molar-refractivity contribution in [1.29, 1.82) is 0 Å². The number of unbranched alkanes of at least 4 members (excludes halogenated alkanes) is 66. The highest BCUT2D eigenvalue weighted by Gasteiger charge is 2.28. The van der Waals surface area contributed by atoms with E-state index in [2.05, 4.69) is 13.8 Å². The minimum Gasteiger partial charge on any atom is -0.480 e. The van der Waals surface area contributed by atoms with Crippen LogP contribution in [0, 0.1) is 0 Å². The van der Waals surface area contributed by atoms with Crippen LogP contribution in [-0.4, -0.2) is 59.9 Å². The summed E-state index contributed by atoms with van der Waals surface area (Å²) in [6.07, 6.45) is 91.3.